The Morgan fingerprint density at radius 2 is 1.92 bits per heavy atom. The van der Waals surface area contributed by atoms with Crippen LogP contribution in [0.2, 0.25) is 5.15 Å². The van der Waals surface area contributed by atoms with E-state index < -0.39 is 5.91 Å². The van der Waals surface area contributed by atoms with Crippen LogP contribution in [0.4, 0.5) is 5.69 Å². The van der Waals surface area contributed by atoms with Crippen molar-refractivity contribution in [3.63, 3.8) is 0 Å². The molecule has 0 bridgehead atoms. The van der Waals surface area contributed by atoms with E-state index in [4.69, 9.17) is 23.1 Å². The minimum Gasteiger partial charge on any atom is -0.396 e. The molecule has 124 valence electrons. The number of carbonyl (C=O) groups excluding carboxylic acids is 1. The number of aromatic amines is 1. The number of aryl methyl sites for hydroxylation is 1. The first kappa shape index (κ1) is 15.3. The maximum atomic E-state index is 11.5. The van der Waals surface area contributed by atoms with Gasteiger partial charge in [-0.15, -0.1) is 10.2 Å². The van der Waals surface area contributed by atoms with E-state index in [1.165, 1.54) is 0 Å². The highest BCUT2D eigenvalue weighted by Gasteiger charge is 2.17. The number of benzene rings is 2. The van der Waals surface area contributed by atoms with E-state index in [2.05, 4.69) is 20.4 Å². The number of nitrogens with two attached hydrogens (primary N) is 2. The molecule has 0 saturated carbocycles. The Morgan fingerprint density at radius 1 is 1.16 bits per heavy atom. The molecule has 0 atom stereocenters. The van der Waals surface area contributed by atoms with Crippen molar-refractivity contribution in [3.8, 4) is 11.1 Å². The molecule has 4 rings (SSSR count). The van der Waals surface area contributed by atoms with Gasteiger partial charge in [-0.25, -0.2) is 0 Å². The molecule has 0 spiro atoms. The van der Waals surface area contributed by atoms with Crippen molar-refractivity contribution in [3.05, 3.63) is 46.7 Å². The fourth-order valence-corrected chi connectivity index (χ4v) is 3.18. The second-order valence-corrected chi connectivity index (χ2v) is 6.13. The summed E-state index contributed by atoms with van der Waals surface area (Å²) >= 11 is 6.06. The molecule has 4 aromatic rings. The van der Waals surface area contributed by atoms with Gasteiger partial charge in [0.1, 0.15) is 10.7 Å². The molecule has 0 aliphatic rings. The third-order valence-corrected chi connectivity index (χ3v) is 4.50. The van der Waals surface area contributed by atoms with E-state index in [9.17, 15) is 4.79 Å². The molecule has 25 heavy (non-hydrogen) atoms. The van der Waals surface area contributed by atoms with Gasteiger partial charge < -0.3 is 11.5 Å². The van der Waals surface area contributed by atoms with Crippen LogP contribution in [0.3, 0.4) is 0 Å². The summed E-state index contributed by atoms with van der Waals surface area (Å²) in [5.74, 6) is -0.707. The van der Waals surface area contributed by atoms with Crippen molar-refractivity contribution in [2.75, 3.05) is 5.73 Å². The molecular weight excluding hydrogens is 340 g/mol. The van der Waals surface area contributed by atoms with Gasteiger partial charge in [0.2, 0.25) is 0 Å². The number of anilines is 1. The SMILES string of the molecule is Cc1ccc2c(N)c(C(N)=O)nnc2c1-c1ccc2c(Cl)[nH]nc2c1. The molecule has 0 radical (unpaired) electrons. The van der Waals surface area contributed by atoms with Gasteiger partial charge in [-0.2, -0.15) is 5.10 Å². The predicted molar refractivity (Wildman–Crippen MR) is 97.3 cm³/mol. The Hall–Kier alpha value is -3.19. The number of amides is 1. The molecule has 2 heterocycles. The number of primary amides is 1. The third-order valence-electron chi connectivity index (χ3n) is 4.21. The Balaban J connectivity index is 2.03. The molecule has 0 fully saturated rings. The second kappa shape index (κ2) is 5.42. The van der Waals surface area contributed by atoms with Gasteiger partial charge >= 0.3 is 0 Å². The van der Waals surface area contributed by atoms with E-state index >= 15 is 0 Å². The van der Waals surface area contributed by atoms with E-state index in [0.717, 1.165) is 27.6 Å². The molecule has 2 aromatic heterocycles. The quantitative estimate of drug-likeness (QED) is 0.511. The largest absolute Gasteiger partial charge is 0.396 e. The first-order valence-corrected chi connectivity index (χ1v) is 7.84. The van der Waals surface area contributed by atoms with E-state index in [1.54, 1.807) is 0 Å². The number of H-pyrrole nitrogens is 1. The van der Waals surface area contributed by atoms with Gasteiger partial charge in [0.15, 0.2) is 5.69 Å². The summed E-state index contributed by atoms with van der Waals surface area (Å²) in [4.78, 5) is 11.5. The van der Waals surface area contributed by atoms with E-state index in [-0.39, 0.29) is 11.4 Å². The molecule has 0 aliphatic carbocycles. The predicted octanol–water partition coefficient (Wildman–Crippen LogP) is 2.82. The Labute approximate surface area is 147 Å². The number of nitrogens with zero attached hydrogens (tertiary/aromatic N) is 3. The first-order valence-electron chi connectivity index (χ1n) is 7.46. The number of nitrogens with one attached hydrogen (secondary N) is 1. The summed E-state index contributed by atoms with van der Waals surface area (Å²) in [5.41, 5.74) is 15.7. The van der Waals surface area contributed by atoms with Crippen LogP contribution in [-0.4, -0.2) is 26.3 Å². The normalized spacial score (nSPS) is 11.3. The van der Waals surface area contributed by atoms with Crippen molar-refractivity contribution in [2.24, 2.45) is 5.73 Å². The lowest BCUT2D eigenvalue weighted by Gasteiger charge is -2.12. The Morgan fingerprint density at radius 3 is 2.68 bits per heavy atom. The number of carbonyl (C=O) groups is 1. The molecular formula is C17H13ClN6O. The minimum atomic E-state index is -0.707. The smallest absolute Gasteiger partial charge is 0.271 e. The van der Waals surface area contributed by atoms with Gasteiger partial charge in [0.25, 0.3) is 5.91 Å². The van der Waals surface area contributed by atoms with Crippen molar-refractivity contribution >= 4 is 45.0 Å². The van der Waals surface area contributed by atoms with Gasteiger partial charge in [-0.3, -0.25) is 9.89 Å². The third kappa shape index (κ3) is 2.28. The van der Waals surface area contributed by atoms with Gasteiger partial charge in [0.05, 0.1) is 11.2 Å². The lowest BCUT2D eigenvalue weighted by Crippen LogP contribution is -2.16. The van der Waals surface area contributed by atoms with Crippen LogP contribution < -0.4 is 11.5 Å². The summed E-state index contributed by atoms with van der Waals surface area (Å²) in [6.45, 7) is 1.97. The number of nitrogen functional groups attached to an aromatic ring is 1. The van der Waals surface area contributed by atoms with Crippen molar-refractivity contribution in [1.82, 2.24) is 20.4 Å². The van der Waals surface area contributed by atoms with Gasteiger partial charge in [-0.05, 0) is 30.2 Å². The van der Waals surface area contributed by atoms with Crippen LogP contribution in [0, 0.1) is 6.92 Å². The van der Waals surface area contributed by atoms with Crippen LogP contribution >= 0.6 is 11.6 Å². The van der Waals surface area contributed by atoms with Crippen LogP contribution in [0.15, 0.2) is 30.3 Å². The molecule has 2 aromatic carbocycles. The number of aromatic nitrogens is 4. The highest BCUT2D eigenvalue weighted by atomic mass is 35.5. The fourth-order valence-electron chi connectivity index (χ4n) is 2.98. The average molecular weight is 353 g/mol. The molecule has 7 nitrogen and oxygen atoms in total. The number of fused-ring (bicyclic) bond motifs is 2. The van der Waals surface area contributed by atoms with E-state index in [0.29, 0.717) is 16.1 Å². The van der Waals surface area contributed by atoms with Crippen molar-refractivity contribution in [1.29, 1.82) is 0 Å². The van der Waals surface area contributed by atoms with Crippen LogP contribution in [0.25, 0.3) is 32.9 Å². The minimum absolute atomic E-state index is 0.0307. The molecule has 0 aliphatic heterocycles. The maximum absolute atomic E-state index is 11.5. The number of rotatable bonds is 2. The van der Waals surface area contributed by atoms with E-state index in [1.807, 2.05) is 37.3 Å². The second-order valence-electron chi connectivity index (χ2n) is 5.75. The highest BCUT2D eigenvalue weighted by molar-refractivity contribution is 6.34. The Bertz CT molecular complexity index is 1170. The highest BCUT2D eigenvalue weighted by Crippen LogP contribution is 2.35. The topological polar surface area (TPSA) is 124 Å². The van der Waals surface area contributed by atoms with Gasteiger partial charge in [0, 0.05) is 16.3 Å². The standard InChI is InChI=1S/C17H13ClN6O/c1-7-2-4-10-13(19)15(17(20)25)23-22-14(10)12(7)8-3-5-9-11(6-8)21-24-16(9)18/h2-6H,1H3,(H2,19,22)(H2,20,25)(H,21,24). The molecule has 5 N–H and O–H groups in total. The van der Waals surface area contributed by atoms with Crippen molar-refractivity contribution < 1.29 is 4.79 Å². The molecule has 0 saturated heterocycles. The zero-order valence-corrected chi connectivity index (χ0v) is 13.9. The molecule has 1 amide bonds. The van der Waals surface area contributed by atoms with Crippen molar-refractivity contribution in [2.45, 2.75) is 6.92 Å². The molecule has 8 heteroatoms. The van der Waals surface area contributed by atoms with Crippen LogP contribution in [0.1, 0.15) is 16.1 Å². The molecule has 0 unspecified atom stereocenters. The summed E-state index contributed by atoms with van der Waals surface area (Å²) in [5, 5.41) is 17.0. The summed E-state index contributed by atoms with van der Waals surface area (Å²) in [7, 11) is 0. The Kier molecular flexibility index (Phi) is 3.33. The van der Waals surface area contributed by atoms with Crippen LogP contribution in [-0.2, 0) is 0 Å². The zero-order chi connectivity index (χ0) is 17.7. The average Bonchev–Trinajstić information content (AvgIpc) is 2.95. The lowest BCUT2D eigenvalue weighted by molar-refractivity contribution is 0.0996. The zero-order valence-electron chi connectivity index (χ0n) is 13.2. The number of hydrogen-bond donors (Lipinski definition) is 3. The number of halogens is 1. The summed E-state index contributed by atoms with van der Waals surface area (Å²) in [6, 6.07) is 9.48. The summed E-state index contributed by atoms with van der Waals surface area (Å²) < 4.78 is 0. The lowest BCUT2D eigenvalue weighted by atomic mass is 9.96. The fraction of sp³-hybridized carbons (Fsp3) is 0.0588. The monoisotopic (exact) mass is 352 g/mol. The number of hydrogen-bond acceptors (Lipinski definition) is 5. The maximum Gasteiger partial charge on any atom is 0.271 e. The first-order chi connectivity index (χ1) is 12.0. The van der Waals surface area contributed by atoms with Gasteiger partial charge in [-0.1, -0.05) is 29.8 Å². The summed E-state index contributed by atoms with van der Waals surface area (Å²) in [6.07, 6.45) is 0. The van der Waals surface area contributed by atoms with Crippen LogP contribution in [0.5, 0.6) is 0 Å².